The molecule has 0 radical (unpaired) electrons. The summed E-state index contributed by atoms with van der Waals surface area (Å²) in [5, 5.41) is 4.21. The second-order valence-electron chi connectivity index (χ2n) is 5.76. The molecule has 2 aromatic heterocycles. The van der Waals surface area contributed by atoms with Crippen molar-refractivity contribution in [3.8, 4) is 0 Å². The molecule has 1 aliphatic carbocycles. The Balaban J connectivity index is 1.49. The fourth-order valence-electron chi connectivity index (χ4n) is 2.70. The van der Waals surface area contributed by atoms with Crippen molar-refractivity contribution in [2.45, 2.75) is 38.5 Å². The molecule has 0 bridgehead atoms. The fourth-order valence-corrected chi connectivity index (χ4v) is 3.01. The summed E-state index contributed by atoms with van der Waals surface area (Å²) in [6.45, 7) is 3.45. The van der Waals surface area contributed by atoms with Gasteiger partial charge in [0.1, 0.15) is 11.6 Å². The van der Waals surface area contributed by atoms with E-state index in [4.69, 9.17) is 11.6 Å². The van der Waals surface area contributed by atoms with E-state index in [2.05, 4.69) is 24.8 Å². The van der Waals surface area contributed by atoms with E-state index in [1.54, 1.807) is 0 Å². The number of fused-ring (bicyclic) bond motifs is 1. The van der Waals surface area contributed by atoms with Crippen molar-refractivity contribution < 1.29 is 0 Å². The van der Waals surface area contributed by atoms with E-state index in [-0.39, 0.29) is 0 Å². The number of aromatic nitrogens is 3. The van der Waals surface area contributed by atoms with Crippen molar-refractivity contribution in [1.82, 2.24) is 19.9 Å². The van der Waals surface area contributed by atoms with Crippen molar-refractivity contribution in [2.24, 2.45) is 0 Å². The molecule has 0 spiro atoms. The fraction of sp³-hybridized carbons (Fsp3) is 0.467. The molecule has 0 unspecified atom stereocenters. The van der Waals surface area contributed by atoms with Crippen LogP contribution in [0.5, 0.6) is 0 Å². The smallest absolute Gasteiger partial charge is 0.147 e. The standard InChI is InChI=1S/C15H18ClN5/c16-13-7-11(8-18-12-1-2-12)9-19-15(13)21-6-5-20-4-3-17-14(20)10-21/h3-4,7,9,12,18H,1-2,5-6,8,10H2. The Morgan fingerprint density at radius 1 is 1.29 bits per heavy atom. The van der Waals surface area contributed by atoms with Crippen LogP contribution in [0.15, 0.2) is 24.7 Å². The highest BCUT2D eigenvalue weighted by molar-refractivity contribution is 6.33. The summed E-state index contributed by atoms with van der Waals surface area (Å²) in [5.41, 5.74) is 1.15. The summed E-state index contributed by atoms with van der Waals surface area (Å²) in [6, 6.07) is 2.73. The van der Waals surface area contributed by atoms with E-state index in [0.717, 1.165) is 48.4 Å². The van der Waals surface area contributed by atoms with E-state index in [1.807, 2.05) is 24.7 Å². The van der Waals surface area contributed by atoms with E-state index < -0.39 is 0 Å². The van der Waals surface area contributed by atoms with Crippen LogP contribution in [0.3, 0.4) is 0 Å². The molecule has 2 aliphatic rings. The van der Waals surface area contributed by atoms with Gasteiger partial charge in [0.15, 0.2) is 0 Å². The van der Waals surface area contributed by atoms with Gasteiger partial charge in [0.25, 0.3) is 0 Å². The quantitative estimate of drug-likeness (QED) is 0.940. The van der Waals surface area contributed by atoms with E-state index in [1.165, 1.54) is 12.8 Å². The highest BCUT2D eigenvalue weighted by Crippen LogP contribution is 2.27. The Morgan fingerprint density at radius 3 is 3.00 bits per heavy atom. The number of imidazole rings is 1. The number of pyridine rings is 1. The molecule has 1 fully saturated rings. The van der Waals surface area contributed by atoms with Crippen LogP contribution in [0.25, 0.3) is 0 Å². The summed E-state index contributed by atoms with van der Waals surface area (Å²) in [6.07, 6.45) is 8.38. The van der Waals surface area contributed by atoms with Crippen molar-refractivity contribution in [1.29, 1.82) is 0 Å². The summed E-state index contributed by atoms with van der Waals surface area (Å²) in [7, 11) is 0. The highest BCUT2D eigenvalue weighted by atomic mass is 35.5. The van der Waals surface area contributed by atoms with Gasteiger partial charge in [0.05, 0.1) is 11.6 Å². The van der Waals surface area contributed by atoms with Crippen molar-refractivity contribution in [3.05, 3.63) is 41.1 Å². The lowest BCUT2D eigenvalue weighted by molar-refractivity contribution is 0.556. The first kappa shape index (κ1) is 13.1. The summed E-state index contributed by atoms with van der Waals surface area (Å²) in [4.78, 5) is 11.1. The molecule has 3 heterocycles. The summed E-state index contributed by atoms with van der Waals surface area (Å²) < 4.78 is 2.18. The zero-order valence-electron chi connectivity index (χ0n) is 11.8. The van der Waals surface area contributed by atoms with Gasteiger partial charge < -0.3 is 14.8 Å². The maximum atomic E-state index is 6.44. The molecule has 110 valence electrons. The normalized spacial score (nSPS) is 17.9. The van der Waals surface area contributed by atoms with Gasteiger partial charge in [-0.05, 0) is 24.5 Å². The molecular weight excluding hydrogens is 286 g/mol. The Kier molecular flexibility index (Phi) is 3.31. The molecule has 21 heavy (non-hydrogen) atoms. The van der Waals surface area contributed by atoms with E-state index >= 15 is 0 Å². The third-order valence-corrected chi connectivity index (χ3v) is 4.37. The van der Waals surface area contributed by atoms with Crippen LogP contribution in [-0.4, -0.2) is 27.1 Å². The number of rotatable bonds is 4. The van der Waals surface area contributed by atoms with Crippen LogP contribution in [0.4, 0.5) is 5.82 Å². The first-order valence-electron chi connectivity index (χ1n) is 7.42. The molecule has 1 N–H and O–H groups in total. The average molecular weight is 304 g/mol. The zero-order valence-corrected chi connectivity index (χ0v) is 12.6. The van der Waals surface area contributed by atoms with Crippen LogP contribution < -0.4 is 10.2 Å². The van der Waals surface area contributed by atoms with Gasteiger partial charge >= 0.3 is 0 Å². The first-order chi connectivity index (χ1) is 10.3. The molecule has 2 aromatic rings. The predicted octanol–water partition coefficient (Wildman–Crippen LogP) is 2.20. The topological polar surface area (TPSA) is 46.0 Å². The molecule has 1 aliphatic heterocycles. The second-order valence-corrected chi connectivity index (χ2v) is 6.17. The van der Waals surface area contributed by atoms with Crippen molar-refractivity contribution in [2.75, 3.05) is 11.4 Å². The third-order valence-electron chi connectivity index (χ3n) is 4.09. The van der Waals surface area contributed by atoms with Crippen LogP contribution >= 0.6 is 11.6 Å². The predicted molar refractivity (Wildman–Crippen MR) is 82.4 cm³/mol. The van der Waals surface area contributed by atoms with Gasteiger partial charge in [-0.15, -0.1) is 0 Å². The molecule has 0 saturated heterocycles. The molecular formula is C15H18ClN5. The van der Waals surface area contributed by atoms with Crippen LogP contribution in [-0.2, 0) is 19.6 Å². The zero-order chi connectivity index (χ0) is 14.2. The third kappa shape index (κ3) is 2.76. The Labute approximate surface area is 129 Å². The SMILES string of the molecule is Clc1cc(CNC2CC2)cnc1N1CCn2ccnc2C1. The molecule has 0 amide bonds. The number of halogens is 1. The lowest BCUT2D eigenvalue weighted by atomic mass is 10.2. The number of nitrogens with one attached hydrogen (secondary N) is 1. The lowest BCUT2D eigenvalue weighted by Crippen LogP contribution is -2.34. The van der Waals surface area contributed by atoms with Gasteiger partial charge in [-0.3, -0.25) is 0 Å². The van der Waals surface area contributed by atoms with Gasteiger partial charge in [0.2, 0.25) is 0 Å². The van der Waals surface area contributed by atoms with Crippen molar-refractivity contribution >= 4 is 17.4 Å². The molecule has 0 aromatic carbocycles. The van der Waals surface area contributed by atoms with Gasteiger partial charge in [-0.25, -0.2) is 9.97 Å². The van der Waals surface area contributed by atoms with Crippen molar-refractivity contribution in [3.63, 3.8) is 0 Å². The average Bonchev–Trinajstić information content (AvgIpc) is 3.21. The molecule has 5 nitrogen and oxygen atoms in total. The van der Waals surface area contributed by atoms with Crippen LogP contribution in [0.2, 0.25) is 5.02 Å². The second kappa shape index (κ2) is 5.31. The van der Waals surface area contributed by atoms with E-state index in [9.17, 15) is 0 Å². The molecule has 4 rings (SSSR count). The molecule has 1 saturated carbocycles. The molecule has 0 atom stereocenters. The Morgan fingerprint density at radius 2 is 2.19 bits per heavy atom. The Bertz CT molecular complexity index is 649. The van der Waals surface area contributed by atoms with Crippen LogP contribution in [0, 0.1) is 0 Å². The maximum Gasteiger partial charge on any atom is 0.147 e. The van der Waals surface area contributed by atoms with Gasteiger partial charge in [0, 0.05) is 44.3 Å². The number of nitrogens with zero attached hydrogens (tertiary/aromatic N) is 4. The van der Waals surface area contributed by atoms with E-state index in [0.29, 0.717) is 6.04 Å². The minimum atomic E-state index is 0.699. The minimum absolute atomic E-state index is 0.699. The summed E-state index contributed by atoms with van der Waals surface area (Å²) >= 11 is 6.44. The lowest BCUT2D eigenvalue weighted by Gasteiger charge is -2.29. The summed E-state index contributed by atoms with van der Waals surface area (Å²) in [5.74, 6) is 1.93. The van der Waals surface area contributed by atoms with Crippen LogP contribution in [0.1, 0.15) is 24.2 Å². The minimum Gasteiger partial charge on any atom is -0.346 e. The monoisotopic (exact) mass is 303 g/mol. The number of anilines is 1. The largest absolute Gasteiger partial charge is 0.346 e. The van der Waals surface area contributed by atoms with Gasteiger partial charge in [-0.1, -0.05) is 11.6 Å². The number of hydrogen-bond donors (Lipinski definition) is 1. The number of hydrogen-bond acceptors (Lipinski definition) is 4. The maximum absolute atomic E-state index is 6.44. The highest BCUT2D eigenvalue weighted by Gasteiger charge is 2.22. The van der Waals surface area contributed by atoms with Gasteiger partial charge in [-0.2, -0.15) is 0 Å². The molecule has 6 heteroatoms. The first-order valence-corrected chi connectivity index (χ1v) is 7.80. The Hall–Kier alpha value is -1.59.